The maximum Gasteiger partial charge on any atom is 0.361 e. The zero-order valence-corrected chi connectivity index (χ0v) is 15.4. The SMILES string of the molecule is CCC(C)(C)C(=O)OC(OC(F)(F)C1CCCCC1)C(C)(C)C. The van der Waals surface area contributed by atoms with Gasteiger partial charge in [0.15, 0.2) is 0 Å². The van der Waals surface area contributed by atoms with Gasteiger partial charge in [0.05, 0.1) is 11.3 Å². The molecule has 0 aromatic rings. The summed E-state index contributed by atoms with van der Waals surface area (Å²) in [6.07, 6.45) is -0.459. The summed E-state index contributed by atoms with van der Waals surface area (Å²) < 4.78 is 39.4. The number of halogens is 2. The lowest BCUT2D eigenvalue weighted by Crippen LogP contribution is -2.45. The Bertz CT molecular complexity index is 394. The number of ether oxygens (including phenoxy) is 2. The third-order valence-electron chi connectivity index (χ3n) is 4.70. The van der Waals surface area contributed by atoms with Crippen LogP contribution in [0.25, 0.3) is 0 Å². The van der Waals surface area contributed by atoms with Gasteiger partial charge in [-0.3, -0.25) is 9.53 Å². The Kier molecular flexibility index (Phi) is 6.59. The van der Waals surface area contributed by atoms with Gasteiger partial charge < -0.3 is 4.74 Å². The van der Waals surface area contributed by atoms with Crippen LogP contribution in [0.3, 0.4) is 0 Å². The lowest BCUT2D eigenvalue weighted by molar-refractivity contribution is -0.353. The van der Waals surface area contributed by atoms with Gasteiger partial charge in [-0.2, -0.15) is 8.78 Å². The molecule has 1 fully saturated rings. The highest BCUT2D eigenvalue weighted by Gasteiger charge is 2.47. The van der Waals surface area contributed by atoms with Crippen molar-refractivity contribution in [1.29, 1.82) is 0 Å². The Morgan fingerprint density at radius 2 is 1.61 bits per heavy atom. The summed E-state index contributed by atoms with van der Waals surface area (Å²) in [5.74, 6) is -1.29. The Labute approximate surface area is 139 Å². The zero-order chi connectivity index (χ0) is 17.9. The van der Waals surface area contributed by atoms with Crippen LogP contribution in [0.4, 0.5) is 8.78 Å². The van der Waals surface area contributed by atoms with Gasteiger partial charge in [0, 0.05) is 5.41 Å². The summed E-state index contributed by atoms with van der Waals surface area (Å²) in [7, 11) is 0. The van der Waals surface area contributed by atoms with Crippen molar-refractivity contribution in [3.63, 3.8) is 0 Å². The topological polar surface area (TPSA) is 35.5 Å². The Balaban J connectivity index is 2.84. The van der Waals surface area contributed by atoms with Crippen molar-refractivity contribution in [1.82, 2.24) is 0 Å². The second kappa shape index (κ2) is 7.45. The molecule has 136 valence electrons. The molecule has 1 unspecified atom stereocenters. The van der Waals surface area contributed by atoms with Crippen molar-refractivity contribution in [2.75, 3.05) is 0 Å². The van der Waals surface area contributed by atoms with Crippen LogP contribution in [0.2, 0.25) is 0 Å². The van der Waals surface area contributed by atoms with Gasteiger partial charge in [-0.1, -0.05) is 47.0 Å². The maximum atomic E-state index is 14.5. The molecular formula is C18H32F2O3. The first-order valence-corrected chi connectivity index (χ1v) is 8.67. The molecule has 23 heavy (non-hydrogen) atoms. The molecule has 0 radical (unpaired) electrons. The van der Waals surface area contributed by atoms with Crippen LogP contribution in [-0.4, -0.2) is 18.4 Å². The summed E-state index contributed by atoms with van der Waals surface area (Å²) in [5, 5.41) is 0. The fourth-order valence-electron chi connectivity index (χ4n) is 2.46. The number of hydrogen-bond acceptors (Lipinski definition) is 3. The predicted octanol–water partition coefficient (Wildman–Crippen LogP) is 5.53. The van der Waals surface area contributed by atoms with Crippen LogP contribution in [0, 0.1) is 16.7 Å². The molecule has 0 saturated heterocycles. The van der Waals surface area contributed by atoms with Crippen LogP contribution >= 0.6 is 0 Å². The third kappa shape index (κ3) is 5.70. The summed E-state index contributed by atoms with van der Waals surface area (Å²) in [6, 6.07) is 0. The molecule has 0 N–H and O–H groups in total. The number of alkyl halides is 2. The van der Waals surface area contributed by atoms with Gasteiger partial charge in [0.25, 0.3) is 0 Å². The van der Waals surface area contributed by atoms with E-state index in [4.69, 9.17) is 9.47 Å². The van der Waals surface area contributed by atoms with Crippen LogP contribution in [0.15, 0.2) is 0 Å². The van der Waals surface area contributed by atoms with E-state index in [1.165, 1.54) is 0 Å². The molecule has 0 aromatic carbocycles. The van der Waals surface area contributed by atoms with E-state index in [0.29, 0.717) is 19.3 Å². The minimum atomic E-state index is -3.27. The van der Waals surface area contributed by atoms with E-state index in [1.807, 2.05) is 6.92 Å². The van der Waals surface area contributed by atoms with E-state index < -0.39 is 35.1 Å². The van der Waals surface area contributed by atoms with Crippen molar-refractivity contribution in [3.05, 3.63) is 0 Å². The average molecular weight is 334 g/mol. The highest BCUT2D eigenvalue weighted by molar-refractivity contribution is 5.75. The van der Waals surface area contributed by atoms with Gasteiger partial charge in [0.1, 0.15) is 0 Å². The standard InChI is InChI=1S/C18H32F2O3/c1-7-17(5,6)14(21)22-15(16(2,3)4)23-18(19,20)13-11-9-8-10-12-13/h13,15H,7-12H2,1-6H3. The summed E-state index contributed by atoms with van der Waals surface area (Å²) in [6.45, 7) is 10.6. The molecular weight excluding hydrogens is 302 g/mol. The minimum Gasteiger partial charge on any atom is -0.435 e. The molecule has 3 nitrogen and oxygen atoms in total. The number of carbonyl (C=O) groups is 1. The van der Waals surface area contributed by atoms with E-state index in [0.717, 1.165) is 19.3 Å². The molecule has 1 saturated carbocycles. The molecule has 0 bridgehead atoms. The molecule has 1 aliphatic rings. The second-order valence-corrected chi connectivity index (χ2v) is 8.36. The third-order valence-corrected chi connectivity index (χ3v) is 4.70. The largest absolute Gasteiger partial charge is 0.435 e. The Morgan fingerprint density at radius 1 is 1.09 bits per heavy atom. The fraction of sp³-hybridized carbons (Fsp3) is 0.944. The molecule has 0 aromatic heterocycles. The van der Waals surface area contributed by atoms with Crippen molar-refractivity contribution in [3.8, 4) is 0 Å². The summed E-state index contributed by atoms with van der Waals surface area (Å²) in [5.41, 5.74) is -1.44. The van der Waals surface area contributed by atoms with E-state index in [9.17, 15) is 13.6 Å². The van der Waals surface area contributed by atoms with Gasteiger partial charge in [0.2, 0.25) is 6.29 Å². The number of esters is 1. The Hall–Kier alpha value is -0.710. The zero-order valence-electron chi connectivity index (χ0n) is 15.4. The summed E-state index contributed by atoms with van der Waals surface area (Å²) in [4.78, 5) is 12.3. The fourth-order valence-corrected chi connectivity index (χ4v) is 2.46. The van der Waals surface area contributed by atoms with E-state index in [2.05, 4.69) is 0 Å². The molecule has 0 heterocycles. The predicted molar refractivity (Wildman–Crippen MR) is 86.0 cm³/mol. The molecule has 1 atom stereocenters. The van der Waals surface area contributed by atoms with E-state index in [-0.39, 0.29) is 0 Å². The number of hydrogen-bond donors (Lipinski definition) is 0. The van der Waals surface area contributed by atoms with Crippen molar-refractivity contribution >= 4 is 5.97 Å². The van der Waals surface area contributed by atoms with Crippen LogP contribution in [0.5, 0.6) is 0 Å². The van der Waals surface area contributed by atoms with Crippen molar-refractivity contribution in [2.24, 2.45) is 16.7 Å². The monoisotopic (exact) mass is 334 g/mol. The highest BCUT2D eigenvalue weighted by atomic mass is 19.3. The van der Waals surface area contributed by atoms with Gasteiger partial charge in [-0.15, -0.1) is 0 Å². The minimum absolute atomic E-state index is 0.457. The highest BCUT2D eigenvalue weighted by Crippen LogP contribution is 2.41. The molecule has 0 aliphatic heterocycles. The average Bonchev–Trinajstić information content (AvgIpc) is 2.46. The first kappa shape index (κ1) is 20.3. The molecule has 5 heteroatoms. The lowest BCUT2D eigenvalue weighted by Gasteiger charge is -2.38. The summed E-state index contributed by atoms with van der Waals surface area (Å²) >= 11 is 0. The molecule has 0 spiro atoms. The number of carbonyl (C=O) groups excluding carboxylic acids is 1. The van der Waals surface area contributed by atoms with Crippen LogP contribution < -0.4 is 0 Å². The number of rotatable bonds is 6. The quantitative estimate of drug-likeness (QED) is 0.473. The van der Waals surface area contributed by atoms with Gasteiger partial charge in [-0.25, -0.2) is 0 Å². The Morgan fingerprint density at radius 3 is 2.04 bits per heavy atom. The molecule has 1 aliphatic carbocycles. The van der Waals surface area contributed by atoms with Crippen molar-refractivity contribution in [2.45, 2.75) is 92.5 Å². The molecule has 0 amide bonds. The van der Waals surface area contributed by atoms with Crippen LogP contribution in [0.1, 0.15) is 80.1 Å². The van der Waals surface area contributed by atoms with Crippen molar-refractivity contribution < 1.29 is 23.0 Å². The van der Waals surface area contributed by atoms with Crippen LogP contribution in [-0.2, 0) is 14.3 Å². The normalized spacial score (nSPS) is 19.5. The second-order valence-electron chi connectivity index (χ2n) is 8.36. The smallest absolute Gasteiger partial charge is 0.361 e. The van der Waals surface area contributed by atoms with E-state index >= 15 is 0 Å². The first-order valence-electron chi connectivity index (χ1n) is 8.67. The maximum absolute atomic E-state index is 14.5. The van der Waals surface area contributed by atoms with Gasteiger partial charge >= 0.3 is 12.1 Å². The van der Waals surface area contributed by atoms with E-state index in [1.54, 1.807) is 34.6 Å². The van der Waals surface area contributed by atoms with Gasteiger partial charge in [-0.05, 0) is 33.1 Å². The molecule has 1 rings (SSSR count). The lowest BCUT2D eigenvalue weighted by atomic mass is 9.88. The first-order chi connectivity index (χ1) is 10.4.